The number of rotatable bonds is 6. The standard InChI is InChI=1S/C16H21BrN2O/c1-11(2)18-6-4-5-16-19-10-15(20-16)13-7-12(3)8-14(17)9-13/h7-11,18H,4-6H2,1-3H3. The van der Waals surface area contributed by atoms with Gasteiger partial charge in [-0.3, -0.25) is 0 Å². The van der Waals surface area contributed by atoms with Gasteiger partial charge in [0.15, 0.2) is 11.7 Å². The lowest BCUT2D eigenvalue weighted by Gasteiger charge is -2.06. The zero-order chi connectivity index (χ0) is 14.5. The molecule has 0 saturated heterocycles. The highest BCUT2D eigenvalue weighted by molar-refractivity contribution is 9.10. The van der Waals surface area contributed by atoms with Crippen molar-refractivity contribution in [1.29, 1.82) is 0 Å². The van der Waals surface area contributed by atoms with Crippen molar-refractivity contribution in [1.82, 2.24) is 10.3 Å². The maximum Gasteiger partial charge on any atom is 0.194 e. The molecule has 0 bridgehead atoms. The molecule has 0 aliphatic heterocycles. The summed E-state index contributed by atoms with van der Waals surface area (Å²) in [6, 6.07) is 6.77. The smallest absolute Gasteiger partial charge is 0.194 e. The van der Waals surface area contributed by atoms with E-state index in [9.17, 15) is 0 Å². The van der Waals surface area contributed by atoms with Gasteiger partial charge in [0.25, 0.3) is 0 Å². The third-order valence-electron chi connectivity index (χ3n) is 3.00. The van der Waals surface area contributed by atoms with Crippen molar-refractivity contribution in [2.24, 2.45) is 0 Å². The number of oxazole rings is 1. The summed E-state index contributed by atoms with van der Waals surface area (Å²) in [6.07, 6.45) is 3.72. The van der Waals surface area contributed by atoms with Gasteiger partial charge in [-0.1, -0.05) is 29.8 Å². The molecule has 1 aromatic heterocycles. The fourth-order valence-electron chi connectivity index (χ4n) is 2.07. The molecule has 3 nitrogen and oxygen atoms in total. The lowest BCUT2D eigenvalue weighted by Crippen LogP contribution is -2.23. The molecule has 0 aliphatic rings. The van der Waals surface area contributed by atoms with E-state index >= 15 is 0 Å². The van der Waals surface area contributed by atoms with Gasteiger partial charge in [-0.2, -0.15) is 0 Å². The lowest BCUT2D eigenvalue weighted by molar-refractivity contribution is 0.484. The topological polar surface area (TPSA) is 38.1 Å². The van der Waals surface area contributed by atoms with Crippen molar-refractivity contribution >= 4 is 15.9 Å². The van der Waals surface area contributed by atoms with Gasteiger partial charge < -0.3 is 9.73 Å². The van der Waals surface area contributed by atoms with Crippen LogP contribution in [0.3, 0.4) is 0 Å². The van der Waals surface area contributed by atoms with Crippen LogP contribution < -0.4 is 5.32 Å². The molecule has 2 aromatic rings. The molecule has 1 aromatic carbocycles. The first-order valence-corrected chi connectivity index (χ1v) is 7.79. The highest BCUT2D eigenvalue weighted by atomic mass is 79.9. The minimum absolute atomic E-state index is 0.528. The Morgan fingerprint density at radius 2 is 2.10 bits per heavy atom. The van der Waals surface area contributed by atoms with Crippen LogP contribution in [0, 0.1) is 6.92 Å². The molecule has 0 spiro atoms. The van der Waals surface area contributed by atoms with Crippen molar-refractivity contribution < 1.29 is 4.42 Å². The minimum Gasteiger partial charge on any atom is -0.441 e. The molecule has 1 heterocycles. The average molecular weight is 337 g/mol. The average Bonchev–Trinajstić information content (AvgIpc) is 2.82. The van der Waals surface area contributed by atoms with Crippen molar-refractivity contribution in [3.8, 4) is 11.3 Å². The molecule has 0 radical (unpaired) electrons. The van der Waals surface area contributed by atoms with Crippen LogP contribution in [0.25, 0.3) is 11.3 Å². The summed E-state index contributed by atoms with van der Waals surface area (Å²) in [5.74, 6) is 1.64. The normalized spacial score (nSPS) is 11.2. The molecule has 20 heavy (non-hydrogen) atoms. The van der Waals surface area contributed by atoms with Crippen LogP contribution in [0.2, 0.25) is 0 Å². The summed E-state index contributed by atoms with van der Waals surface area (Å²) >= 11 is 3.51. The largest absolute Gasteiger partial charge is 0.441 e. The van der Waals surface area contributed by atoms with Gasteiger partial charge in [-0.05, 0) is 43.7 Å². The molecule has 1 N–H and O–H groups in total. The van der Waals surface area contributed by atoms with Crippen molar-refractivity contribution in [3.05, 3.63) is 40.3 Å². The first-order chi connectivity index (χ1) is 9.54. The second-order valence-corrected chi connectivity index (χ2v) is 6.26. The predicted octanol–water partition coefficient (Wildman–Crippen LogP) is 4.34. The monoisotopic (exact) mass is 336 g/mol. The quantitative estimate of drug-likeness (QED) is 0.797. The molecule has 0 fully saturated rings. The van der Waals surface area contributed by atoms with Gasteiger partial charge in [0.1, 0.15) is 0 Å². The predicted molar refractivity (Wildman–Crippen MR) is 85.8 cm³/mol. The second kappa shape index (κ2) is 7.04. The fourth-order valence-corrected chi connectivity index (χ4v) is 2.68. The highest BCUT2D eigenvalue weighted by Gasteiger charge is 2.07. The van der Waals surface area contributed by atoms with Gasteiger partial charge in [0.05, 0.1) is 6.20 Å². The molecule has 0 saturated carbocycles. The third kappa shape index (κ3) is 4.46. The summed E-state index contributed by atoms with van der Waals surface area (Å²) in [5, 5.41) is 3.39. The zero-order valence-corrected chi connectivity index (χ0v) is 13.8. The van der Waals surface area contributed by atoms with E-state index in [4.69, 9.17) is 4.42 Å². The van der Waals surface area contributed by atoms with Gasteiger partial charge >= 0.3 is 0 Å². The van der Waals surface area contributed by atoms with Crippen molar-refractivity contribution in [2.45, 2.75) is 39.7 Å². The molecule has 2 rings (SSSR count). The summed E-state index contributed by atoms with van der Waals surface area (Å²) in [6.45, 7) is 7.37. The molecule has 0 unspecified atom stereocenters. The molecule has 0 amide bonds. The molecule has 0 aliphatic carbocycles. The second-order valence-electron chi connectivity index (χ2n) is 5.35. The van der Waals surface area contributed by atoms with Gasteiger partial charge in [-0.25, -0.2) is 4.98 Å². The first-order valence-electron chi connectivity index (χ1n) is 7.00. The SMILES string of the molecule is Cc1cc(Br)cc(-c2cnc(CCCNC(C)C)o2)c1. The fraction of sp³-hybridized carbons (Fsp3) is 0.438. The molecule has 4 heteroatoms. The van der Waals surface area contributed by atoms with Crippen LogP contribution in [0.1, 0.15) is 31.7 Å². The molecule has 108 valence electrons. The van der Waals surface area contributed by atoms with Crippen molar-refractivity contribution in [3.63, 3.8) is 0 Å². The van der Waals surface area contributed by atoms with E-state index in [2.05, 4.69) is 65.2 Å². The maximum absolute atomic E-state index is 5.83. The number of nitrogens with zero attached hydrogens (tertiary/aromatic N) is 1. The Labute approximate surface area is 128 Å². The Balaban J connectivity index is 1.98. The molecular formula is C16H21BrN2O. The summed E-state index contributed by atoms with van der Waals surface area (Å²) in [4.78, 5) is 4.36. The molecule has 0 atom stereocenters. The van der Waals surface area contributed by atoms with Crippen LogP contribution in [0.4, 0.5) is 0 Å². The van der Waals surface area contributed by atoms with E-state index in [-0.39, 0.29) is 0 Å². The van der Waals surface area contributed by atoms with Gasteiger partial charge in [0, 0.05) is 22.5 Å². The molecular weight excluding hydrogens is 316 g/mol. The Kier molecular flexibility index (Phi) is 5.38. The Morgan fingerprint density at radius 3 is 2.80 bits per heavy atom. The van der Waals surface area contributed by atoms with E-state index < -0.39 is 0 Å². The van der Waals surface area contributed by atoms with Crippen LogP contribution in [0.15, 0.2) is 33.3 Å². The number of hydrogen-bond acceptors (Lipinski definition) is 3. The summed E-state index contributed by atoms with van der Waals surface area (Å²) in [7, 11) is 0. The maximum atomic E-state index is 5.83. The lowest BCUT2D eigenvalue weighted by atomic mass is 10.1. The minimum atomic E-state index is 0.528. The Bertz CT molecular complexity index is 543. The van der Waals surface area contributed by atoms with E-state index in [1.807, 2.05) is 6.20 Å². The number of nitrogens with one attached hydrogen (secondary N) is 1. The number of aryl methyl sites for hydroxylation is 2. The number of aromatic nitrogens is 1. The van der Waals surface area contributed by atoms with E-state index in [0.29, 0.717) is 6.04 Å². The van der Waals surface area contributed by atoms with Crippen molar-refractivity contribution in [2.75, 3.05) is 6.54 Å². The highest BCUT2D eigenvalue weighted by Crippen LogP contribution is 2.25. The van der Waals surface area contributed by atoms with Gasteiger partial charge in [0.2, 0.25) is 0 Å². The van der Waals surface area contributed by atoms with Gasteiger partial charge in [-0.15, -0.1) is 0 Å². The Hall–Kier alpha value is -1.13. The van der Waals surface area contributed by atoms with Crippen LogP contribution in [-0.2, 0) is 6.42 Å². The van der Waals surface area contributed by atoms with Crippen LogP contribution in [0.5, 0.6) is 0 Å². The third-order valence-corrected chi connectivity index (χ3v) is 3.46. The number of halogens is 1. The number of hydrogen-bond donors (Lipinski definition) is 1. The number of benzene rings is 1. The summed E-state index contributed by atoms with van der Waals surface area (Å²) in [5.41, 5.74) is 2.27. The summed E-state index contributed by atoms with van der Waals surface area (Å²) < 4.78 is 6.89. The Morgan fingerprint density at radius 1 is 1.30 bits per heavy atom. The van der Waals surface area contributed by atoms with E-state index in [0.717, 1.165) is 41.1 Å². The van der Waals surface area contributed by atoms with Crippen LogP contribution in [-0.4, -0.2) is 17.6 Å². The zero-order valence-electron chi connectivity index (χ0n) is 12.2. The first kappa shape index (κ1) is 15.3. The van der Waals surface area contributed by atoms with E-state index in [1.54, 1.807) is 0 Å². The van der Waals surface area contributed by atoms with E-state index in [1.165, 1.54) is 5.56 Å². The van der Waals surface area contributed by atoms with Crippen LogP contribution >= 0.6 is 15.9 Å².